The summed E-state index contributed by atoms with van der Waals surface area (Å²) in [7, 11) is 1.51. The van der Waals surface area contributed by atoms with Crippen LogP contribution < -0.4 is 10.1 Å². The summed E-state index contributed by atoms with van der Waals surface area (Å²) in [6.45, 7) is 5.84. The molecule has 0 spiro atoms. The maximum absolute atomic E-state index is 13.2. The molecular formula is C34H30ClN3O4. The van der Waals surface area contributed by atoms with Gasteiger partial charge in [-0.25, -0.2) is 14.8 Å². The summed E-state index contributed by atoms with van der Waals surface area (Å²) < 4.78 is 10.8. The number of amides is 1. The number of ether oxygens (including phenoxy) is 2. The van der Waals surface area contributed by atoms with Crippen LogP contribution in [0.15, 0.2) is 84.9 Å². The van der Waals surface area contributed by atoms with E-state index in [0.717, 1.165) is 27.9 Å². The van der Waals surface area contributed by atoms with Crippen molar-refractivity contribution in [2.45, 2.75) is 33.3 Å². The number of carbonyl (C=O) groups is 2. The molecule has 1 atom stereocenters. The molecule has 1 amide bonds. The molecule has 7 nitrogen and oxygen atoms in total. The third-order valence-corrected chi connectivity index (χ3v) is 7.18. The van der Waals surface area contributed by atoms with E-state index in [4.69, 9.17) is 31.0 Å². The molecule has 1 heterocycles. The van der Waals surface area contributed by atoms with E-state index in [9.17, 15) is 9.59 Å². The van der Waals surface area contributed by atoms with Gasteiger partial charge in [-0.3, -0.25) is 4.79 Å². The SMILES string of the molecule is CCC(OC(=O)c1ccc2nc(-c3ccc(C)cc3)c(-c3ccc(C)cc3)nc2c1)C(=O)Nc1ccc(OC)c(Cl)c1. The van der Waals surface area contributed by atoms with Crippen LogP contribution in [0, 0.1) is 13.8 Å². The van der Waals surface area contributed by atoms with E-state index in [0.29, 0.717) is 33.2 Å². The highest BCUT2D eigenvalue weighted by atomic mass is 35.5. The molecule has 0 fully saturated rings. The van der Waals surface area contributed by atoms with Crippen molar-refractivity contribution in [1.82, 2.24) is 9.97 Å². The summed E-state index contributed by atoms with van der Waals surface area (Å²) in [4.78, 5) is 36.0. The van der Waals surface area contributed by atoms with Gasteiger partial charge in [0.05, 0.1) is 40.1 Å². The Labute approximate surface area is 249 Å². The fraction of sp³-hybridized carbons (Fsp3) is 0.176. The molecule has 0 bridgehead atoms. The molecule has 0 saturated heterocycles. The Morgan fingerprint density at radius 1 is 0.810 bits per heavy atom. The topological polar surface area (TPSA) is 90.4 Å². The minimum Gasteiger partial charge on any atom is -0.495 e. The number of benzene rings is 4. The minimum absolute atomic E-state index is 0.272. The lowest BCUT2D eigenvalue weighted by atomic mass is 10.0. The zero-order chi connectivity index (χ0) is 29.8. The predicted molar refractivity (Wildman–Crippen MR) is 166 cm³/mol. The summed E-state index contributed by atoms with van der Waals surface area (Å²) in [5.74, 6) is -0.603. The van der Waals surface area contributed by atoms with E-state index in [2.05, 4.69) is 5.32 Å². The molecular weight excluding hydrogens is 550 g/mol. The third-order valence-electron chi connectivity index (χ3n) is 6.88. The lowest BCUT2D eigenvalue weighted by Gasteiger charge is -2.17. The summed E-state index contributed by atoms with van der Waals surface area (Å²) >= 11 is 6.17. The molecule has 4 aromatic carbocycles. The van der Waals surface area contributed by atoms with Gasteiger partial charge in [-0.05, 0) is 56.7 Å². The number of aryl methyl sites for hydroxylation is 2. The molecule has 1 N–H and O–H groups in total. The smallest absolute Gasteiger partial charge is 0.338 e. The van der Waals surface area contributed by atoms with Crippen LogP contribution in [-0.4, -0.2) is 35.1 Å². The molecule has 42 heavy (non-hydrogen) atoms. The number of halogens is 1. The van der Waals surface area contributed by atoms with Gasteiger partial charge >= 0.3 is 5.97 Å². The normalized spacial score (nSPS) is 11.6. The second kappa shape index (κ2) is 12.4. The van der Waals surface area contributed by atoms with Gasteiger partial charge in [-0.1, -0.05) is 78.2 Å². The van der Waals surface area contributed by atoms with Crippen molar-refractivity contribution in [3.8, 4) is 28.3 Å². The number of nitrogens with one attached hydrogen (secondary N) is 1. The van der Waals surface area contributed by atoms with E-state index in [-0.39, 0.29) is 12.0 Å². The number of esters is 1. The van der Waals surface area contributed by atoms with Crippen molar-refractivity contribution in [2.75, 3.05) is 12.4 Å². The average molecular weight is 580 g/mol. The van der Waals surface area contributed by atoms with Gasteiger partial charge in [-0.15, -0.1) is 0 Å². The molecule has 0 aliphatic carbocycles. The Hall–Kier alpha value is -4.75. The van der Waals surface area contributed by atoms with Crippen molar-refractivity contribution in [2.24, 2.45) is 0 Å². The molecule has 0 aliphatic rings. The van der Waals surface area contributed by atoms with E-state index >= 15 is 0 Å². The third kappa shape index (κ3) is 6.26. The minimum atomic E-state index is -1.01. The average Bonchev–Trinajstić information content (AvgIpc) is 2.99. The van der Waals surface area contributed by atoms with Crippen LogP contribution in [0.2, 0.25) is 5.02 Å². The summed E-state index contributed by atoms with van der Waals surface area (Å²) in [6, 6.07) is 26.2. The highest BCUT2D eigenvalue weighted by Gasteiger charge is 2.23. The van der Waals surface area contributed by atoms with E-state index in [1.54, 1.807) is 43.3 Å². The fourth-order valence-electron chi connectivity index (χ4n) is 4.49. The summed E-state index contributed by atoms with van der Waals surface area (Å²) in [5, 5.41) is 3.10. The summed E-state index contributed by atoms with van der Waals surface area (Å²) in [5.41, 5.74) is 7.54. The zero-order valence-corrected chi connectivity index (χ0v) is 24.5. The van der Waals surface area contributed by atoms with Crippen molar-refractivity contribution in [1.29, 1.82) is 0 Å². The Bertz CT molecular complexity index is 1770. The Balaban J connectivity index is 1.43. The van der Waals surface area contributed by atoms with E-state index < -0.39 is 18.0 Å². The molecule has 0 radical (unpaired) electrons. The largest absolute Gasteiger partial charge is 0.495 e. The molecule has 212 valence electrons. The van der Waals surface area contributed by atoms with Gasteiger partial charge in [0.15, 0.2) is 6.10 Å². The van der Waals surface area contributed by atoms with Gasteiger partial charge < -0.3 is 14.8 Å². The molecule has 5 aromatic rings. The quantitative estimate of drug-likeness (QED) is 0.188. The van der Waals surface area contributed by atoms with E-state index in [1.165, 1.54) is 7.11 Å². The first-order chi connectivity index (χ1) is 20.2. The van der Waals surface area contributed by atoms with Crippen LogP contribution in [0.3, 0.4) is 0 Å². The number of aromatic nitrogens is 2. The number of nitrogens with zero attached hydrogens (tertiary/aromatic N) is 2. The molecule has 0 aliphatic heterocycles. The molecule has 1 aromatic heterocycles. The highest BCUT2D eigenvalue weighted by molar-refractivity contribution is 6.32. The van der Waals surface area contributed by atoms with Crippen molar-refractivity contribution in [3.63, 3.8) is 0 Å². The van der Waals surface area contributed by atoms with E-state index in [1.807, 2.05) is 62.4 Å². The van der Waals surface area contributed by atoms with Gasteiger partial charge in [0.1, 0.15) is 5.75 Å². The fourth-order valence-corrected chi connectivity index (χ4v) is 4.75. The first-order valence-corrected chi connectivity index (χ1v) is 13.9. The second-order valence-corrected chi connectivity index (χ2v) is 10.4. The number of hydrogen-bond acceptors (Lipinski definition) is 6. The zero-order valence-electron chi connectivity index (χ0n) is 23.8. The first kappa shape index (κ1) is 28.8. The maximum Gasteiger partial charge on any atom is 0.338 e. The maximum atomic E-state index is 13.2. The standard InChI is InChI=1S/C34H30ClN3O4/c1-5-29(33(39)36-25-15-17-30(41-4)26(35)19-25)42-34(40)24-14-16-27-28(18-24)38-32(23-12-8-21(3)9-13-23)31(37-27)22-10-6-20(2)7-11-22/h6-19,29H,5H2,1-4H3,(H,36,39). The van der Waals surface area contributed by atoms with Crippen LogP contribution in [0.1, 0.15) is 34.8 Å². The predicted octanol–water partition coefficient (Wildman–Crippen LogP) is 7.82. The van der Waals surface area contributed by atoms with Gasteiger partial charge in [0.25, 0.3) is 5.91 Å². The Morgan fingerprint density at radius 2 is 1.40 bits per heavy atom. The van der Waals surface area contributed by atoms with Gasteiger partial charge in [-0.2, -0.15) is 0 Å². The van der Waals surface area contributed by atoms with Gasteiger partial charge in [0.2, 0.25) is 0 Å². The molecule has 5 rings (SSSR count). The molecule has 1 unspecified atom stereocenters. The van der Waals surface area contributed by atoms with Crippen LogP contribution >= 0.6 is 11.6 Å². The number of methoxy groups -OCH3 is 1. The van der Waals surface area contributed by atoms with Crippen molar-refractivity contribution in [3.05, 3.63) is 107 Å². The van der Waals surface area contributed by atoms with Crippen LogP contribution in [0.5, 0.6) is 5.75 Å². The second-order valence-electron chi connectivity index (χ2n) is 10.00. The van der Waals surface area contributed by atoms with Crippen molar-refractivity contribution >= 4 is 40.2 Å². The number of fused-ring (bicyclic) bond motifs is 1. The first-order valence-electron chi connectivity index (χ1n) is 13.6. The lowest BCUT2D eigenvalue weighted by Crippen LogP contribution is -2.32. The number of hydrogen-bond donors (Lipinski definition) is 1. The van der Waals surface area contributed by atoms with Crippen LogP contribution in [0.4, 0.5) is 5.69 Å². The summed E-state index contributed by atoms with van der Waals surface area (Å²) in [6.07, 6.45) is -0.723. The van der Waals surface area contributed by atoms with Crippen LogP contribution in [0.25, 0.3) is 33.5 Å². The molecule has 0 saturated carbocycles. The monoisotopic (exact) mass is 579 g/mol. The highest BCUT2D eigenvalue weighted by Crippen LogP contribution is 2.32. The number of carbonyl (C=O) groups excluding carboxylic acids is 2. The Kier molecular flexibility index (Phi) is 8.50. The number of rotatable bonds is 8. The van der Waals surface area contributed by atoms with Crippen LogP contribution in [-0.2, 0) is 9.53 Å². The Morgan fingerprint density at radius 3 is 1.95 bits per heavy atom. The van der Waals surface area contributed by atoms with Crippen molar-refractivity contribution < 1.29 is 19.1 Å². The van der Waals surface area contributed by atoms with Gasteiger partial charge in [0, 0.05) is 16.8 Å². The molecule has 8 heteroatoms. The number of anilines is 1. The lowest BCUT2D eigenvalue weighted by molar-refractivity contribution is -0.124.